The van der Waals surface area contributed by atoms with Crippen LogP contribution in [0.1, 0.15) is 34.6 Å². The van der Waals surface area contributed by atoms with Gasteiger partial charge in [0.25, 0.3) is 0 Å². The number of hydrogen-bond acceptors (Lipinski definition) is 7. The van der Waals surface area contributed by atoms with Crippen LogP contribution in [0.15, 0.2) is 34.3 Å². The summed E-state index contributed by atoms with van der Waals surface area (Å²) in [6.45, 7) is 7.07. The first kappa shape index (κ1) is 23.4. The van der Waals surface area contributed by atoms with Gasteiger partial charge >= 0.3 is 0 Å². The molecule has 0 spiro atoms. The lowest BCUT2D eigenvalue weighted by Crippen LogP contribution is -2.40. The van der Waals surface area contributed by atoms with Gasteiger partial charge in [0.05, 0.1) is 30.1 Å². The van der Waals surface area contributed by atoms with Gasteiger partial charge in [0.2, 0.25) is 10.0 Å². The van der Waals surface area contributed by atoms with Crippen LogP contribution >= 0.6 is 11.8 Å². The lowest BCUT2D eigenvalue weighted by molar-refractivity contribution is 0.0730. The zero-order chi connectivity index (χ0) is 22.7. The monoisotopic (exact) mass is 479 g/mol. The second-order valence-electron chi connectivity index (χ2n) is 8.09. The molecule has 2 aromatic rings. The van der Waals surface area contributed by atoms with Crippen LogP contribution in [0.4, 0.5) is 0 Å². The molecule has 2 aliphatic heterocycles. The van der Waals surface area contributed by atoms with E-state index in [0.29, 0.717) is 31.3 Å². The topological polar surface area (TPSA) is 90.7 Å². The van der Waals surface area contributed by atoms with E-state index in [0.717, 1.165) is 42.9 Å². The first-order valence-electron chi connectivity index (χ1n) is 10.8. The van der Waals surface area contributed by atoms with Crippen molar-refractivity contribution in [2.24, 2.45) is 0 Å². The van der Waals surface area contributed by atoms with Gasteiger partial charge in [0, 0.05) is 49.4 Å². The smallest absolute Gasteiger partial charge is 0.244 e. The predicted molar refractivity (Wildman–Crippen MR) is 122 cm³/mol. The quantitative estimate of drug-likeness (QED) is 0.425. The number of carbonyl (C=O) groups excluding carboxylic acids is 1. The predicted octanol–water partition coefficient (Wildman–Crippen LogP) is 2.67. The third-order valence-corrected chi connectivity index (χ3v) is 8.78. The molecule has 0 aliphatic carbocycles. The average Bonchev–Trinajstić information content (AvgIpc) is 3.42. The first-order chi connectivity index (χ1) is 15.4. The fraction of sp³-hybridized carbons (Fsp3) is 0.545. The van der Waals surface area contributed by atoms with Crippen molar-refractivity contribution in [3.8, 4) is 0 Å². The number of aryl methyl sites for hydroxylation is 1. The fourth-order valence-corrected chi connectivity index (χ4v) is 6.19. The van der Waals surface area contributed by atoms with E-state index in [1.54, 1.807) is 12.1 Å². The molecular formula is C22H29N3O5S2. The van der Waals surface area contributed by atoms with Gasteiger partial charge in [-0.25, -0.2) is 13.4 Å². The lowest BCUT2D eigenvalue weighted by atomic mass is 10.2. The molecule has 2 fully saturated rings. The lowest BCUT2D eigenvalue weighted by Gasteiger charge is -2.25. The van der Waals surface area contributed by atoms with Gasteiger partial charge in [-0.2, -0.15) is 4.31 Å². The maximum atomic E-state index is 12.9. The van der Waals surface area contributed by atoms with Crippen LogP contribution in [0.2, 0.25) is 0 Å². The summed E-state index contributed by atoms with van der Waals surface area (Å²) in [6, 6.07) is 5.16. The van der Waals surface area contributed by atoms with Gasteiger partial charge in [-0.1, -0.05) is 11.8 Å². The highest BCUT2D eigenvalue weighted by Crippen LogP contribution is 2.24. The first-order valence-corrected chi connectivity index (χ1v) is 13.3. The molecule has 32 heavy (non-hydrogen) atoms. The molecule has 0 saturated carbocycles. The summed E-state index contributed by atoms with van der Waals surface area (Å²) in [6.07, 6.45) is 3.73. The van der Waals surface area contributed by atoms with E-state index in [1.807, 2.05) is 19.9 Å². The van der Waals surface area contributed by atoms with Crippen LogP contribution in [0.3, 0.4) is 0 Å². The Morgan fingerprint density at radius 1 is 1.22 bits per heavy atom. The molecule has 10 heteroatoms. The molecule has 0 bridgehead atoms. The van der Waals surface area contributed by atoms with Gasteiger partial charge in [0.1, 0.15) is 4.90 Å². The molecular weight excluding hydrogens is 450 g/mol. The van der Waals surface area contributed by atoms with E-state index in [2.05, 4.69) is 9.55 Å². The van der Waals surface area contributed by atoms with Crippen LogP contribution in [0.25, 0.3) is 0 Å². The largest absolute Gasteiger partial charge is 0.379 e. The number of aromatic nitrogens is 2. The SMILES string of the molecule is Cc1cc(C(=O)CSc2ccc(S(=O)(=O)N3CCOCC3)cn2)c(C)n1C[C@H]1CCCO1. The molecule has 0 unspecified atom stereocenters. The summed E-state index contributed by atoms with van der Waals surface area (Å²) < 4.78 is 40.0. The Hall–Kier alpha value is -1.72. The van der Waals surface area contributed by atoms with E-state index in [-0.39, 0.29) is 22.5 Å². The van der Waals surface area contributed by atoms with Crippen LogP contribution in [-0.4, -0.2) is 72.8 Å². The number of Topliss-reactive ketones (excluding diaryl/α,β-unsaturated/α-hetero) is 1. The number of ketones is 1. The van der Waals surface area contributed by atoms with Crippen LogP contribution < -0.4 is 0 Å². The highest BCUT2D eigenvalue weighted by atomic mass is 32.2. The second kappa shape index (κ2) is 10.0. The van der Waals surface area contributed by atoms with Gasteiger partial charge in [0.15, 0.2) is 5.78 Å². The second-order valence-corrected chi connectivity index (χ2v) is 11.0. The molecule has 2 aliphatic rings. The Labute approximate surface area is 193 Å². The van der Waals surface area contributed by atoms with Gasteiger partial charge in [-0.3, -0.25) is 4.79 Å². The Kier molecular flexibility index (Phi) is 7.36. The molecule has 4 heterocycles. The van der Waals surface area contributed by atoms with Crippen molar-refractivity contribution >= 4 is 27.6 Å². The normalized spacial score (nSPS) is 20.0. The number of nitrogens with zero attached hydrogens (tertiary/aromatic N) is 3. The van der Waals surface area contributed by atoms with Crippen molar-refractivity contribution in [3.05, 3.63) is 41.3 Å². The summed E-state index contributed by atoms with van der Waals surface area (Å²) in [7, 11) is -3.57. The maximum absolute atomic E-state index is 12.9. The number of thioether (sulfide) groups is 1. The van der Waals surface area contributed by atoms with Crippen molar-refractivity contribution < 1.29 is 22.7 Å². The molecule has 174 valence electrons. The van der Waals surface area contributed by atoms with E-state index in [9.17, 15) is 13.2 Å². The minimum atomic E-state index is -3.57. The summed E-state index contributed by atoms with van der Waals surface area (Å²) in [5.74, 6) is 0.278. The standard InChI is InChI=1S/C22H29N3O5S2/c1-16-12-20(17(2)25(16)14-18-4-3-9-30-18)21(26)15-31-22-6-5-19(13-23-22)32(27,28)24-7-10-29-11-8-24/h5-6,12-13,18H,3-4,7-11,14-15H2,1-2H3/t18-/m1/s1. The van der Waals surface area contributed by atoms with E-state index < -0.39 is 10.0 Å². The zero-order valence-corrected chi connectivity index (χ0v) is 20.1. The van der Waals surface area contributed by atoms with Crippen molar-refractivity contribution in [1.82, 2.24) is 13.9 Å². The number of morpholine rings is 1. The van der Waals surface area contributed by atoms with Crippen LogP contribution in [0.5, 0.6) is 0 Å². The fourth-order valence-electron chi connectivity index (χ4n) is 4.11. The van der Waals surface area contributed by atoms with Crippen molar-refractivity contribution in [3.63, 3.8) is 0 Å². The van der Waals surface area contributed by atoms with Crippen molar-refractivity contribution in [2.75, 3.05) is 38.7 Å². The number of carbonyl (C=O) groups is 1. The molecule has 1 atom stereocenters. The third-order valence-electron chi connectivity index (χ3n) is 5.95. The molecule has 0 radical (unpaired) electrons. The molecule has 8 nitrogen and oxygen atoms in total. The molecule has 0 amide bonds. The summed E-state index contributed by atoms with van der Waals surface area (Å²) in [5.41, 5.74) is 2.74. The van der Waals surface area contributed by atoms with Crippen molar-refractivity contribution in [2.45, 2.75) is 49.3 Å². The molecule has 2 saturated heterocycles. The van der Waals surface area contributed by atoms with Crippen LogP contribution in [-0.2, 0) is 26.0 Å². The molecule has 0 N–H and O–H groups in total. The number of pyridine rings is 1. The molecule has 2 aromatic heterocycles. The van der Waals surface area contributed by atoms with Crippen LogP contribution in [0, 0.1) is 13.8 Å². The maximum Gasteiger partial charge on any atom is 0.244 e. The third kappa shape index (κ3) is 5.09. The molecule has 0 aromatic carbocycles. The van der Waals surface area contributed by atoms with E-state index in [1.165, 1.54) is 22.3 Å². The summed E-state index contributed by atoms with van der Waals surface area (Å²) in [4.78, 5) is 17.3. The minimum absolute atomic E-state index is 0.0357. The highest BCUT2D eigenvalue weighted by Gasteiger charge is 2.26. The number of ether oxygens (including phenoxy) is 2. The van der Waals surface area contributed by atoms with Gasteiger partial charge in [-0.05, 0) is 44.9 Å². The molecule has 4 rings (SSSR count). The Balaban J connectivity index is 1.38. The Morgan fingerprint density at radius 2 is 2.00 bits per heavy atom. The number of rotatable bonds is 8. The van der Waals surface area contributed by atoms with E-state index in [4.69, 9.17) is 9.47 Å². The summed E-state index contributed by atoms with van der Waals surface area (Å²) in [5, 5.41) is 0.618. The van der Waals surface area contributed by atoms with Gasteiger partial charge in [-0.15, -0.1) is 0 Å². The highest BCUT2D eigenvalue weighted by molar-refractivity contribution is 7.99. The van der Waals surface area contributed by atoms with Crippen molar-refractivity contribution in [1.29, 1.82) is 0 Å². The Bertz CT molecular complexity index is 1050. The number of hydrogen-bond donors (Lipinski definition) is 0. The van der Waals surface area contributed by atoms with Gasteiger partial charge < -0.3 is 14.0 Å². The zero-order valence-electron chi connectivity index (χ0n) is 18.5. The average molecular weight is 480 g/mol. The minimum Gasteiger partial charge on any atom is -0.379 e. The van der Waals surface area contributed by atoms with E-state index >= 15 is 0 Å². The number of sulfonamides is 1. The Morgan fingerprint density at radius 3 is 2.66 bits per heavy atom. The summed E-state index contributed by atoms with van der Waals surface area (Å²) >= 11 is 1.31.